The van der Waals surface area contributed by atoms with E-state index in [4.69, 9.17) is 21.1 Å². The van der Waals surface area contributed by atoms with E-state index in [2.05, 4.69) is 34.9 Å². The third-order valence-electron chi connectivity index (χ3n) is 18.8. The van der Waals surface area contributed by atoms with Crippen molar-refractivity contribution in [1.82, 2.24) is 30.2 Å². The van der Waals surface area contributed by atoms with E-state index in [0.29, 0.717) is 72.9 Å². The van der Waals surface area contributed by atoms with Crippen molar-refractivity contribution in [2.75, 3.05) is 54.4 Å². The number of hydrogen-bond donors (Lipinski definition) is 2. The van der Waals surface area contributed by atoms with Gasteiger partial charge in [0, 0.05) is 63.0 Å². The molecule has 4 fully saturated rings. The van der Waals surface area contributed by atoms with Gasteiger partial charge in [0.05, 0.1) is 13.0 Å². The highest BCUT2D eigenvalue weighted by Gasteiger charge is 2.50. The Bertz CT molecular complexity index is 2770. The lowest BCUT2D eigenvalue weighted by atomic mass is 9.78. The number of halogens is 1. The lowest BCUT2D eigenvalue weighted by molar-refractivity contribution is -0.161. The molecule has 460 valence electrons. The normalized spacial score (nSPS) is 19.0. The molecule has 3 aliphatic carbocycles. The molecule has 4 aliphatic rings. The Morgan fingerprint density at radius 2 is 1.18 bits per heavy atom. The lowest BCUT2D eigenvalue weighted by Crippen LogP contribution is -2.64. The topological polar surface area (TPSA) is 158 Å². The second kappa shape index (κ2) is 31.9. The first-order valence-corrected chi connectivity index (χ1v) is 32.4. The minimum atomic E-state index is -1.56. The number of likely N-dealkylation sites (N-methyl/N-ethyl adjacent to an activating group) is 3. The summed E-state index contributed by atoms with van der Waals surface area (Å²) >= 11 is 7.19. The van der Waals surface area contributed by atoms with E-state index in [1.807, 2.05) is 78.9 Å². The third kappa shape index (κ3) is 17.1. The summed E-state index contributed by atoms with van der Waals surface area (Å²) in [6.45, 7) is 1.95. The second-order valence-corrected chi connectivity index (χ2v) is 25.5. The van der Waals surface area contributed by atoms with Gasteiger partial charge in [0.2, 0.25) is 23.6 Å². The average molecular weight is 1180 g/mol. The van der Waals surface area contributed by atoms with Crippen molar-refractivity contribution >= 4 is 47.3 Å². The molecule has 1 aliphatic heterocycles. The highest BCUT2D eigenvalue weighted by molar-refractivity contribution is 6.31. The van der Waals surface area contributed by atoms with Crippen LogP contribution in [0.2, 0.25) is 5.02 Å². The number of esters is 1. The van der Waals surface area contributed by atoms with Gasteiger partial charge in [-0.15, -0.1) is 0 Å². The number of nitrogens with one attached hydrogen (secondary N) is 2. The van der Waals surface area contributed by atoms with Crippen LogP contribution in [-0.4, -0.2) is 127 Å². The van der Waals surface area contributed by atoms with Gasteiger partial charge in [0.15, 0.2) is 5.60 Å². The van der Waals surface area contributed by atoms with Crippen LogP contribution >= 0.6 is 11.6 Å². The number of nitrogens with zero attached hydrogens (tertiary/aromatic N) is 4. The Morgan fingerprint density at radius 1 is 0.635 bits per heavy atom. The Labute approximate surface area is 511 Å². The van der Waals surface area contributed by atoms with Crippen LogP contribution in [0, 0.1) is 11.8 Å². The number of carbonyl (C=O) groups excluding carboxylic acids is 6. The Kier molecular flexibility index (Phi) is 24.3. The number of benzene rings is 4. The van der Waals surface area contributed by atoms with Crippen LogP contribution in [0.4, 0.5) is 4.79 Å². The fourth-order valence-electron chi connectivity index (χ4n) is 13.8. The minimum absolute atomic E-state index is 0.000253. The maximum absolute atomic E-state index is 15.4. The fourth-order valence-corrected chi connectivity index (χ4v) is 14.1. The zero-order valence-electron chi connectivity index (χ0n) is 51.2. The number of likely N-dealkylation sites (tertiary alicyclic amines) is 1. The van der Waals surface area contributed by atoms with Gasteiger partial charge in [-0.05, 0) is 86.4 Å². The fraction of sp³-hybridized carbons (Fsp3) is 0.571. The Balaban J connectivity index is 0.975. The zero-order chi connectivity index (χ0) is 60.2. The van der Waals surface area contributed by atoms with Crippen molar-refractivity contribution in [3.63, 3.8) is 0 Å². The maximum Gasteiger partial charge on any atom is 0.410 e. The monoisotopic (exact) mass is 1180 g/mol. The molecule has 0 bridgehead atoms. The molecule has 2 N–H and O–H groups in total. The molecule has 4 aromatic carbocycles. The van der Waals surface area contributed by atoms with Gasteiger partial charge in [0.1, 0.15) is 24.2 Å². The van der Waals surface area contributed by atoms with E-state index in [9.17, 15) is 14.4 Å². The zero-order valence-corrected chi connectivity index (χ0v) is 52.0. The van der Waals surface area contributed by atoms with Gasteiger partial charge in [-0.3, -0.25) is 24.0 Å². The average Bonchev–Trinajstić information content (AvgIpc) is 1.33. The second-order valence-electron chi connectivity index (χ2n) is 25.1. The summed E-state index contributed by atoms with van der Waals surface area (Å²) < 4.78 is 12.4. The summed E-state index contributed by atoms with van der Waals surface area (Å²) in [5.41, 5.74) is 1.35. The van der Waals surface area contributed by atoms with E-state index in [0.717, 1.165) is 50.5 Å². The smallest absolute Gasteiger partial charge is 0.410 e. The van der Waals surface area contributed by atoms with Crippen molar-refractivity contribution in [2.45, 2.75) is 190 Å². The van der Waals surface area contributed by atoms with Gasteiger partial charge in [-0.1, -0.05) is 217 Å². The first-order chi connectivity index (χ1) is 41.2. The first-order valence-electron chi connectivity index (χ1n) is 32.1. The molecule has 4 aromatic rings. The highest BCUT2D eigenvalue weighted by atomic mass is 35.5. The molecule has 14 nitrogen and oxygen atoms in total. The van der Waals surface area contributed by atoms with Crippen molar-refractivity contribution in [2.24, 2.45) is 11.8 Å². The number of carbonyl (C=O) groups is 6. The van der Waals surface area contributed by atoms with Gasteiger partial charge >= 0.3 is 12.1 Å². The van der Waals surface area contributed by atoms with Crippen LogP contribution in [0.25, 0.3) is 0 Å². The molecule has 3 atom stereocenters. The molecule has 3 saturated carbocycles. The van der Waals surface area contributed by atoms with E-state index in [1.54, 1.807) is 39.2 Å². The van der Waals surface area contributed by atoms with Crippen LogP contribution < -0.4 is 10.6 Å². The molecule has 0 radical (unpaired) electrons. The predicted molar refractivity (Wildman–Crippen MR) is 335 cm³/mol. The predicted octanol–water partition coefficient (Wildman–Crippen LogP) is 12.7. The van der Waals surface area contributed by atoms with Crippen molar-refractivity contribution < 1.29 is 38.2 Å². The van der Waals surface area contributed by atoms with Gasteiger partial charge < -0.3 is 39.7 Å². The highest BCUT2D eigenvalue weighted by Crippen LogP contribution is 2.45. The molecular weight excluding hydrogens is 1090 g/mol. The van der Waals surface area contributed by atoms with Crippen LogP contribution in [0.5, 0.6) is 0 Å². The van der Waals surface area contributed by atoms with E-state index < -0.39 is 47.4 Å². The van der Waals surface area contributed by atoms with Crippen molar-refractivity contribution in [3.8, 4) is 0 Å². The Hall–Kier alpha value is -6.25. The molecule has 0 aromatic heterocycles. The van der Waals surface area contributed by atoms with Crippen LogP contribution in [-0.2, 0) is 45.7 Å². The van der Waals surface area contributed by atoms with Gasteiger partial charge in [-0.25, -0.2) is 4.79 Å². The SMILES string of the molecule is CN(C)C(=O)[C@H](CC(=O)OC(c1ccccc1)(c1ccc(C2CCCCCCCCCCCCCC2)cc1)c1ccccc1Cl)N(C)C(=O)[C@H](C1CCCC1)N(C)C(=O)C1(NC(=O)CNCCC2CN(C(=O)OCc3ccccc3)C2)CCCC1. The number of hydrogen-bond acceptors (Lipinski definition) is 9. The molecule has 85 heavy (non-hydrogen) atoms. The molecule has 0 spiro atoms. The van der Waals surface area contributed by atoms with Gasteiger partial charge in [-0.2, -0.15) is 0 Å². The minimum Gasteiger partial charge on any atom is -0.445 e. The standard InChI is InChI=1S/C70H95ClN6O8/c1-74(2)65(80)61(47-63(79)85-70(57-35-21-16-22-36-57,59-37-25-26-38-60(59)71)58-41-39-55(40-42-58)54-31-19-13-11-9-7-5-6-8-10-12-14-20-32-54)75(3)66(81)64(56-33-23-24-34-56)76(4)67(82)69(44-27-28-45-69)73-62(78)48-72-46-43-53-49-77(50-53)68(83)84-51-52-29-17-15-18-30-52/h15-18,21-22,25-26,29-30,35-42,53-54,56,61,64,72H,5-14,19-20,23-24,27-28,31-34,43-51H2,1-4H3,(H,73,78)/t61-,64-,70?/m0/s1. The lowest BCUT2D eigenvalue weighted by Gasteiger charge is -2.41. The summed E-state index contributed by atoms with van der Waals surface area (Å²) in [6, 6.07) is 32.8. The molecule has 1 unspecified atom stereocenters. The number of rotatable bonds is 21. The largest absolute Gasteiger partial charge is 0.445 e. The summed E-state index contributed by atoms with van der Waals surface area (Å²) in [6.07, 6.45) is 23.0. The van der Waals surface area contributed by atoms with Crippen molar-refractivity contribution in [3.05, 3.63) is 142 Å². The van der Waals surface area contributed by atoms with Gasteiger partial charge in [0.25, 0.3) is 0 Å². The van der Waals surface area contributed by atoms with Crippen LogP contribution in [0.1, 0.15) is 188 Å². The maximum atomic E-state index is 15.4. The van der Waals surface area contributed by atoms with E-state index >= 15 is 14.4 Å². The molecule has 1 saturated heterocycles. The quantitative estimate of drug-likeness (QED) is 0.0471. The molecule has 1 heterocycles. The van der Waals surface area contributed by atoms with Crippen molar-refractivity contribution in [1.29, 1.82) is 0 Å². The van der Waals surface area contributed by atoms with E-state index in [1.165, 1.54) is 97.3 Å². The molecule has 15 heteroatoms. The molecule has 5 amide bonds. The molecular formula is C70H95ClN6O8. The first kappa shape index (κ1) is 64.7. The summed E-state index contributed by atoms with van der Waals surface area (Å²) in [5, 5.41) is 6.76. The molecule has 8 rings (SSSR count). The van der Waals surface area contributed by atoms with Crippen LogP contribution in [0.3, 0.4) is 0 Å². The third-order valence-corrected chi connectivity index (χ3v) is 19.1. The number of ether oxygens (including phenoxy) is 2. The van der Waals surface area contributed by atoms with Crippen LogP contribution in [0.15, 0.2) is 109 Å². The Morgan fingerprint density at radius 3 is 1.76 bits per heavy atom. The summed E-state index contributed by atoms with van der Waals surface area (Å²) in [4.78, 5) is 92.7. The summed E-state index contributed by atoms with van der Waals surface area (Å²) in [5.74, 6) is -1.83. The number of amides is 5. The summed E-state index contributed by atoms with van der Waals surface area (Å²) in [7, 11) is 6.39. The van der Waals surface area contributed by atoms with E-state index in [-0.39, 0.29) is 42.9 Å².